The highest BCUT2D eigenvalue weighted by molar-refractivity contribution is 6.03. The van der Waals surface area contributed by atoms with Crippen LogP contribution in [0, 0.1) is 6.92 Å². The van der Waals surface area contributed by atoms with Gasteiger partial charge in [0.2, 0.25) is 5.95 Å². The summed E-state index contributed by atoms with van der Waals surface area (Å²) >= 11 is 0. The number of aromatic nitrogens is 5. The molecule has 1 N–H and O–H groups in total. The number of rotatable bonds is 4. The number of anilines is 1. The van der Waals surface area contributed by atoms with Crippen molar-refractivity contribution >= 4 is 11.9 Å². The van der Waals surface area contributed by atoms with E-state index in [0.717, 1.165) is 6.07 Å². The van der Waals surface area contributed by atoms with Crippen LogP contribution in [0.3, 0.4) is 0 Å². The largest absolute Gasteiger partial charge is 0.289 e. The average molecular weight is 356 g/mol. The molecule has 9 heteroatoms. The number of hydrogen-bond donors (Lipinski definition) is 1. The maximum absolute atomic E-state index is 13.7. The Kier molecular flexibility index (Phi) is 4.61. The Labute approximate surface area is 147 Å². The number of halogens is 2. The van der Waals surface area contributed by atoms with Gasteiger partial charge in [0.05, 0.1) is 5.56 Å². The zero-order valence-electron chi connectivity index (χ0n) is 13.9. The Balaban J connectivity index is 1.93. The lowest BCUT2D eigenvalue weighted by molar-refractivity contribution is 0.0161. The highest BCUT2D eigenvalue weighted by atomic mass is 19.3. The van der Waals surface area contributed by atoms with Gasteiger partial charge in [0.1, 0.15) is 17.2 Å². The number of pyridine rings is 2. The number of carbonyl (C=O) groups excluding carboxylic acids is 1. The van der Waals surface area contributed by atoms with Gasteiger partial charge >= 0.3 is 0 Å². The summed E-state index contributed by atoms with van der Waals surface area (Å²) < 4.78 is 27.4. The van der Waals surface area contributed by atoms with E-state index in [2.05, 4.69) is 30.2 Å². The summed E-state index contributed by atoms with van der Waals surface area (Å²) in [6.45, 7) is 2.32. The number of carbonyl (C=O) groups is 1. The van der Waals surface area contributed by atoms with E-state index in [4.69, 9.17) is 0 Å². The lowest BCUT2D eigenvalue weighted by atomic mass is 10.1. The highest BCUT2D eigenvalue weighted by Gasteiger charge is 2.31. The maximum atomic E-state index is 13.7. The number of hydrogen-bond acceptors (Lipinski definition) is 6. The van der Waals surface area contributed by atoms with E-state index in [0.29, 0.717) is 18.4 Å². The van der Waals surface area contributed by atoms with Crippen LogP contribution in [0.1, 0.15) is 28.8 Å². The van der Waals surface area contributed by atoms with E-state index in [1.807, 2.05) is 0 Å². The first kappa shape index (κ1) is 17.5. The summed E-state index contributed by atoms with van der Waals surface area (Å²) in [6, 6.07) is 7.71. The minimum absolute atomic E-state index is 0.0702. The van der Waals surface area contributed by atoms with Gasteiger partial charge in [0, 0.05) is 19.3 Å². The van der Waals surface area contributed by atoms with Crippen molar-refractivity contribution in [3.05, 3.63) is 59.8 Å². The Morgan fingerprint density at radius 2 is 1.81 bits per heavy atom. The first-order valence-electron chi connectivity index (χ1n) is 7.63. The molecule has 3 heterocycles. The molecule has 0 aromatic carbocycles. The molecule has 0 spiro atoms. The van der Waals surface area contributed by atoms with Gasteiger partial charge in [-0.15, -0.1) is 0 Å². The Morgan fingerprint density at radius 1 is 1.04 bits per heavy atom. The average Bonchev–Trinajstić information content (AvgIpc) is 2.61. The molecule has 0 saturated heterocycles. The third kappa shape index (κ3) is 3.82. The van der Waals surface area contributed by atoms with Crippen LogP contribution in [0.4, 0.5) is 14.7 Å². The number of alkyl halides is 2. The topological polar surface area (TPSA) is 93.6 Å². The maximum Gasteiger partial charge on any atom is 0.277 e. The summed E-state index contributed by atoms with van der Waals surface area (Å²) in [5.41, 5.74) is -0.377. The Morgan fingerprint density at radius 3 is 2.50 bits per heavy atom. The lowest BCUT2D eigenvalue weighted by Crippen LogP contribution is -2.22. The van der Waals surface area contributed by atoms with Crippen molar-refractivity contribution in [3.63, 3.8) is 0 Å². The predicted octanol–water partition coefficient (Wildman–Crippen LogP) is 3.00. The van der Waals surface area contributed by atoms with Gasteiger partial charge in [-0.05, 0) is 31.2 Å². The summed E-state index contributed by atoms with van der Waals surface area (Å²) in [5, 5.41) is 2.40. The molecule has 3 rings (SSSR count). The van der Waals surface area contributed by atoms with Crippen molar-refractivity contribution in [3.8, 4) is 11.5 Å². The second-order valence-corrected chi connectivity index (χ2v) is 5.49. The van der Waals surface area contributed by atoms with Crippen LogP contribution in [-0.4, -0.2) is 30.8 Å². The molecular formula is C17H14F2N6O. The minimum atomic E-state index is -3.21. The molecule has 1 amide bonds. The number of nitrogens with zero attached hydrogens (tertiary/aromatic N) is 5. The molecule has 3 aromatic heterocycles. The van der Waals surface area contributed by atoms with E-state index in [1.54, 1.807) is 31.3 Å². The number of aryl methyl sites for hydroxylation is 1. The number of amides is 1. The molecule has 7 nitrogen and oxygen atoms in total. The molecule has 0 radical (unpaired) electrons. The fraction of sp³-hybridized carbons (Fsp3) is 0.176. The third-order valence-corrected chi connectivity index (χ3v) is 3.36. The molecule has 3 aromatic rings. The second kappa shape index (κ2) is 6.87. The molecular weight excluding hydrogens is 342 g/mol. The van der Waals surface area contributed by atoms with Gasteiger partial charge in [-0.25, -0.2) is 13.8 Å². The van der Waals surface area contributed by atoms with Gasteiger partial charge in [0.25, 0.3) is 11.8 Å². The summed E-state index contributed by atoms with van der Waals surface area (Å²) in [4.78, 5) is 32.6. The van der Waals surface area contributed by atoms with Gasteiger partial charge in [-0.2, -0.15) is 9.97 Å². The van der Waals surface area contributed by atoms with Crippen molar-refractivity contribution < 1.29 is 13.6 Å². The van der Waals surface area contributed by atoms with Gasteiger partial charge < -0.3 is 0 Å². The molecule has 26 heavy (non-hydrogen) atoms. The van der Waals surface area contributed by atoms with E-state index in [-0.39, 0.29) is 11.8 Å². The molecule has 0 bridgehead atoms. The zero-order chi connectivity index (χ0) is 18.7. The Bertz CT molecular complexity index is 943. The van der Waals surface area contributed by atoms with Gasteiger partial charge in [-0.3, -0.25) is 20.1 Å². The van der Waals surface area contributed by atoms with Crippen molar-refractivity contribution in [1.82, 2.24) is 24.9 Å². The van der Waals surface area contributed by atoms with Gasteiger partial charge in [0.15, 0.2) is 5.82 Å². The number of nitrogens with one attached hydrogen (secondary N) is 1. The SMILES string of the molecule is Cc1nc(NC(=O)c2ncccc2C(C)(F)F)nc(-c2ccccn2)n1. The van der Waals surface area contributed by atoms with Crippen molar-refractivity contribution in [1.29, 1.82) is 0 Å². The van der Waals surface area contributed by atoms with E-state index < -0.39 is 23.1 Å². The highest BCUT2D eigenvalue weighted by Crippen LogP contribution is 2.29. The molecule has 0 aliphatic carbocycles. The summed E-state index contributed by atoms with van der Waals surface area (Å²) in [5.74, 6) is -3.51. The molecule has 0 aliphatic heterocycles. The predicted molar refractivity (Wildman–Crippen MR) is 89.6 cm³/mol. The molecule has 132 valence electrons. The standard InChI is InChI=1S/C17H14F2N6O/c1-10-22-14(12-7-3-4-8-20-12)24-16(23-10)25-15(26)13-11(17(2,18)19)6-5-9-21-13/h3-9H,1-2H3,(H,22,23,24,25,26). The van der Waals surface area contributed by atoms with Crippen molar-refractivity contribution in [2.45, 2.75) is 19.8 Å². The lowest BCUT2D eigenvalue weighted by Gasteiger charge is -2.14. The van der Waals surface area contributed by atoms with Crippen molar-refractivity contribution in [2.75, 3.05) is 5.32 Å². The van der Waals surface area contributed by atoms with Crippen LogP contribution in [0.15, 0.2) is 42.7 Å². The Hall–Kier alpha value is -3.36. The first-order valence-corrected chi connectivity index (χ1v) is 7.63. The van der Waals surface area contributed by atoms with E-state index in [1.165, 1.54) is 12.3 Å². The fourth-order valence-electron chi connectivity index (χ4n) is 2.25. The molecule has 0 saturated carbocycles. The summed E-state index contributed by atoms with van der Waals surface area (Å²) in [7, 11) is 0. The minimum Gasteiger partial charge on any atom is -0.289 e. The third-order valence-electron chi connectivity index (χ3n) is 3.36. The molecule has 0 atom stereocenters. The zero-order valence-corrected chi connectivity index (χ0v) is 13.9. The van der Waals surface area contributed by atoms with Crippen LogP contribution in [0.5, 0.6) is 0 Å². The first-order chi connectivity index (χ1) is 12.3. The van der Waals surface area contributed by atoms with Gasteiger partial charge in [-0.1, -0.05) is 6.07 Å². The molecule has 0 aliphatic rings. The van der Waals surface area contributed by atoms with Crippen LogP contribution in [0.2, 0.25) is 0 Å². The van der Waals surface area contributed by atoms with E-state index in [9.17, 15) is 13.6 Å². The van der Waals surface area contributed by atoms with Crippen LogP contribution in [-0.2, 0) is 5.92 Å². The monoisotopic (exact) mass is 356 g/mol. The van der Waals surface area contributed by atoms with Crippen LogP contribution < -0.4 is 5.32 Å². The fourth-order valence-corrected chi connectivity index (χ4v) is 2.25. The van der Waals surface area contributed by atoms with E-state index >= 15 is 0 Å². The quantitative estimate of drug-likeness (QED) is 0.772. The second-order valence-electron chi connectivity index (χ2n) is 5.49. The van der Waals surface area contributed by atoms with Crippen LogP contribution in [0.25, 0.3) is 11.5 Å². The van der Waals surface area contributed by atoms with Crippen molar-refractivity contribution in [2.24, 2.45) is 0 Å². The summed E-state index contributed by atoms with van der Waals surface area (Å²) in [6.07, 6.45) is 2.85. The smallest absolute Gasteiger partial charge is 0.277 e. The molecule has 0 unspecified atom stereocenters. The molecule has 0 fully saturated rings. The normalized spacial score (nSPS) is 11.2. The van der Waals surface area contributed by atoms with Crippen LogP contribution >= 0.6 is 0 Å².